The lowest BCUT2D eigenvalue weighted by molar-refractivity contribution is -0.162. The Balaban J connectivity index is 4.43. The normalized spacial score (nSPS) is 13.3. The van der Waals surface area contributed by atoms with Crippen molar-refractivity contribution in [3.05, 3.63) is 122 Å². The van der Waals surface area contributed by atoms with Crippen LogP contribution in [0.1, 0.15) is 201 Å². The lowest BCUT2D eigenvalue weighted by atomic mass is 10.1. The van der Waals surface area contributed by atoms with Crippen LogP contribution in [0.3, 0.4) is 0 Å². The average Bonchev–Trinajstić information content (AvgIpc) is 3.27. The highest BCUT2D eigenvalue weighted by atomic mass is 16.6. The Bertz CT molecular complexity index is 1290. The van der Waals surface area contributed by atoms with E-state index in [0.29, 0.717) is 19.4 Å². The molecule has 0 radical (unpaired) electrons. The summed E-state index contributed by atoms with van der Waals surface area (Å²) in [5, 5.41) is 0. The molecule has 0 aliphatic rings. The van der Waals surface area contributed by atoms with Gasteiger partial charge in [-0.15, -0.1) is 0 Å². The van der Waals surface area contributed by atoms with Crippen LogP contribution in [0.5, 0.6) is 0 Å². The van der Waals surface area contributed by atoms with E-state index in [0.717, 1.165) is 89.9 Å². The van der Waals surface area contributed by atoms with E-state index in [4.69, 9.17) is 14.2 Å². The predicted molar refractivity (Wildman–Crippen MR) is 269 cm³/mol. The molecule has 0 aromatic carbocycles. The Kier molecular flexibility index (Phi) is 48.6. The molecule has 1 unspecified atom stereocenters. The van der Waals surface area contributed by atoms with Crippen LogP contribution in [0, 0.1) is 0 Å². The number of rotatable bonds is 44. The molecular formula is C57H92O5. The standard InChI is InChI=1S/C57H92O5/c1-4-7-10-13-16-19-22-25-27-28-29-31-34-37-40-43-46-49-52-60-53-55(62-57(59)51-48-45-42-39-36-32-24-21-18-15-12-9-6-3)54-61-56(58)50-47-44-41-38-35-33-30-26-23-20-17-14-11-8-5-2/h8-9,11-12,16-21,25-27,30,32,35-36,38,42,45,55H,4-7,10,13-15,22-24,28-29,31,33-34,37,39-41,43-44,46-54H2,1-3H3/b11-8-,12-9-,19-16-,20-17-,21-18-,27-25-,30-26-,36-32-,38-35-,45-42-. The van der Waals surface area contributed by atoms with Gasteiger partial charge in [0.05, 0.1) is 6.61 Å². The van der Waals surface area contributed by atoms with Crippen LogP contribution in [0.25, 0.3) is 0 Å². The Morgan fingerprint density at radius 2 is 0.758 bits per heavy atom. The lowest BCUT2D eigenvalue weighted by Gasteiger charge is -2.18. The van der Waals surface area contributed by atoms with Crippen molar-refractivity contribution in [2.45, 2.75) is 207 Å². The van der Waals surface area contributed by atoms with Crippen molar-refractivity contribution in [3.63, 3.8) is 0 Å². The van der Waals surface area contributed by atoms with Crippen LogP contribution >= 0.6 is 0 Å². The monoisotopic (exact) mass is 857 g/mol. The minimum atomic E-state index is -0.602. The molecule has 1 atom stereocenters. The van der Waals surface area contributed by atoms with E-state index in [2.05, 4.69) is 136 Å². The fraction of sp³-hybridized carbons (Fsp3) is 0.614. The van der Waals surface area contributed by atoms with Crippen molar-refractivity contribution in [2.24, 2.45) is 0 Å². The highest BCUT2D eigenvalue weighted by molar-refractivity contribution is 5.70. The zero-order chi connectivity index (χ0) is 44.9. The van der Waals surface area contributed by atoms with Gasteiger partial charge in [-0.2, -0.15) is 0 Å². The molecule has 0 aliphatic heterocycles. The molecule has 0 rings (SSSR count). The number of hydrogen-bond acceptors (Lipinski definition) is 5. The number of ether oxygens (including phenoxy) is 3. The van der Waals surface area contributed by atoms with E-state index in [-0.39, 0.29) is 31.6 Å². The predicted octanol–water partition coefficient (Wildman–Crippen LogP) is 17.0. The Morgan fingerprint density at radius 1 is 0.371 bits per heavy atom. The number of allylic oxidation sites excluding steroid dienone is 20. The molecule has 62 heavy (non-hydrogen) atoms. The molecule has 0 aromatic rings. The average molecular weight is 857 g/mol. The van der Waals surface area contributed by atoms with Crippen molar-refractivity contribution < 1.29 is 23.8 Å². The zero-order valence-corrected chi connectivity index (χ0v) is 40.1. The van der Waals surface area contributed by atoms with Gasteiger partial charge in [0.1, 0.15) is 6.61 Å². The van der Waals surface area contributed by atoms with Gasteiger partial charge in [0.2, 0.25) is 0 Å². The van der Waals surface area contributed by atoms with Gasteiger partial charge in [0, 0.05) is 19.4 Å². The Hall–Kier alpha value is -3.70. The molecule has 5 nitrogen and oxygen atoms in total. The number of carbonyl (C=O) groups excluding carboxylic acids is 2. The highest BCUT2D eigenvalue weighted by Crippen LogP contribution is 2.12. The van der Waals surface area contributed by atoms with Gasteiger partial charge in [-0.25, -0.2) is 0 Å². The number of carbonyl (C=O) groups is 2. The largest absolute Gasteiger partial charge is 0.462 e. The zero-order valence-electron chi connectivity index (χ0n) is 40.1. The maximum absolute atomic E-state index is 12.7. The maximum Gasteiger partial charge on any atom is 0.306 e. The van der Waals surface area contributed by atoms with Gasteiger partial charge in [0.15, 0.2) is 6.10 Å². The van der Waals surface area contributed by atoms with Gasteiger partial charge in [0.25, 0.3) is 0 Å². The van der Waals surface area contributed by atoms with E-state index in [1.807, 2.05) is 6.08 Å². The topological polar surface area (TPSA) is 61.8 Å². The second kappa shape index (κ2) is 51.6. The van der Waals surface area contributed by atoms with Crippen molar-refractivity contribution in [2.75, 3.05) is 19.8 Å². The van der Waals surface area contributed by atoms with Gasteiger partial charge >= 0.3 is 11.9 Å². The minimum Gasteiger partial charge on any atom is -0.462 e. The lowest BCUT2D eigenvalue weighted by Crippen LogP contribution is -2.30. The molecule has 0 saturated carbocycles. The fourth-order valence-electron chi connectivity index (χ4n) is 6.31. The van der Waals surface area contributed by atoms with Crippen molar-refractivity contribution in [1.29, 1.82) is 0 Å². The molecule has 0 saturated heterocycles. The van der Waals surface area contributed by atoms with Gasteiger partial charge < -0.3 is 14.2 Å². The first-order valence-corrected chi connectivity index (χ1v) is 25.1. The fourth-order valence-corrected chi connectivity index (χ4v) is 6.31. The number of hydrogen-bond donors (Lipinski definition) is 0. The Morgan fingerprint density at radius 3 is 1.23 bits per heavy atom. The van der Waals surface area contributed by atoms with Crippen LogP contribution < -0.4 is 0 Å². The SMILES string of the molecule is CC/C=C\C/C=C\C/C=C\C/C=C\CCCCC(=O)OCC(COCCCCCCCCCC/C=C\C/C=C\CCCCC)OC(=O)CC/C=C\C/C=C\C/C=C\C/C=C\CC. The third-order valence-corrected chi connectivity index (χ3v) is 9.98. The summed E-state index contributed by atoms with van der Waals surface area (Å²) in [5.41, 5.74) is 0. The highest BCUT2D eigenvalue weighted by Gasteiger charge is 2.17. The second-order valence-corrected chi connectivity index (χ2v) is 15.9. The maximum atomic E-state index is 12.7. The number of unbranched alkanes of at least 4 members (excludes halogenated alkanes) is 13. The van der Waals surface area contributed by atoms with Crippen LogP contribution in [0.15, 0.2) is 122 Å². The summed E-state index contributed by atoms with van der Waals surface area (Å²) in [7, 11) is 0. The van der Waals surface area contributed by atoms with E-state index < -0.39 is 6.10 Å². The van der Waals surface area contributed by atoms with Crippen molar-refractivity contribution >= 4 is 11.9 Å². The third kappa shape index (κ3) is 49.0. The van der Waals surface area contributed by atoms with E-state index in [1.54, 1.807) is 0 Å². The molecule has 350 valence electrons. The van der Waals surface area contributed by atoms with E-state index >= 15 is 0 Å². The summed E-state index contributed by atoms with van der Waals surface area (Å²) < 4.78 is 17.3. The van der Waals surface area contributed by atoms with Crippen LogP contribution in [0.2, 0.25) is 0 Å². The molecule has 0 amide bonds. The molecule has 0 aliphatic carbocycles. The summed E-state index contributed by atoms with van der Waals surface area (Å²) in [4.78, 5) is 25.3. The molecule has 0 N–H and O–H groups in total. The summed E-state index contributed by atoms with van der Waals surface area (Å²) >= 11 is 0. The van der Waals surface area contributed by atoms with Crippen LogP contribution in [0.4, 0.5) is 0 Å². The van der Waals surface area contributed by atoms with Gasteiger partial charge in [-0.05, 0) is 116 Å². The van der Waals surface area contributed by atoms with Crippen LogP contribution in [-0.2, 0) is 23.8 Å². The first kappa shape index (κ1) is 58.3. The molecular weight excluding hydrogens is 765 g/mol. The smallest absolute Gasteiger partial charge is 0.306 e. The second-order valence-electron chi connectivity index (χ2n) is 15.9. The molecule has 0 heterocycles. The summed E-state index contributed by atoms with van der Waals surface area (Å²) in [6.45, 7) is 7.42. The van der Waals surface area contributed by atoms with E-state index in [9.17, 15) is 9.59 Å². The first-order chi connectivity index (χ1) is 30.6. The van der Waals surface area contributed by atoms with Crippen LogP contribution in [-0.4, -0.2) is 37.9 Å². The minimum absolute atomic E-state index is 0.0252. The summed E-state index contributed by atoms with van der Waals surface area (Å²) in [6.07, 6.45) is 72.2. The van der Waals surface area contributed by atoms with Crippen molar-refractivity contribution in [1.82, 2.24) is 0 Å². The molecule has 0 spiro atoms. The first-order valence-electron chi connectivity index (χ1n) is 25.1. The quantitative estimate of drug-likeness (QED) is 0.0347. The van der Waals surface area contributed by atoms with Gasteiger partial charge in [-0.1, -0.05) is 194 Å². The van der Waals surface area contributed by atoms with E-state index in [1.165, 1.54) is 70.6 Å². The molecule has 0 bridgehead atoms. The molecule has 0 aromatic heterocycles. The summed E-state index contributed by atoms with van der Waals surface area (Å²) in [6, 6.07) is 0. The number of esters is 2. The molecule has 5 heteroatoms. The third-order valence-electron chi connectivity index (χ3n) is 9.98. The Labute approximate surface area is 382 Å². The van der Waals surface area contributed by atoms with Gasteiger partial charge in [-0.3, -0.25) is 9.59 Å². The molecule has 0 fully saturated rings. The summed E-state index contributed by atoms with van der Waals surface area (Å²) in [5.74, 6) is -0.551. The van der Waals surface area contributed by atoms with Crippen molar-refractivity contribution in [3.8, 4) is 0 Å².